The van der Waals surface area contributed by atoms with Gasteiger partial charge in [0, 0.05) is 0 Å². The van der Waals surface area contributed by atoms with Gasteiger partial charge in [-0.2, -0.15) is 0 Å². The molecule has 0 N–H and O–H groups in total. The predicted octanol–water partition coefficient (Wildman–Crippen LogP) is 9.02. The van der Waals surface area contributed by atoms with Gasteiger partial charge in [-0.05, 0) is 48.5 Å². The molecule has 0 aliphatic carbocycles. The molecular weight excluding hydrogens is 443 g/mol. The maximum absolute atomic E-state index is 6.30. The van der Waals surface area contributed by atoms with E-state index in [-0.39, 0.29) is 0 Å². The van der Waals surface area contributed by atoms with Crippen LogP contribution >= 0.6 is 34.8 Å². The minimum absolute atomic E-state index is 0.338. The highest BCUT2D eigenvalue weighted by atomic mass is 35.5. The summed E-state index contributed by atoms with van der Waals surface area (Å²) in [7, 11) is 0. The predicted molar refractivity (Wildman–Crippen MR) is 121 cm³/mol. The van der Waals surface area contributed by atoms with Crippen molar-refractivity contribution < 1.29 is 14.2 Å². The Kier molecular flexibility index (Phi) is 6.34. The number of ether oxygens (including phenoxy) is 3. The number of hydrogen-bond acceptors (Lipinski definition) is 3. The van der Waals surface area contributed by atoms with Gasteiger partial charge >= 0.3 is 0 Å². The normalized spacial score (nSPS) is 10.5. The molecule has 0 aliphatic rings. The van der Waals surface area contributed by atoms with E-state index in [1.54, 1.807) is 54.6 Å². The van der Waals surface area contributed by atoms with Crippen LogP contribution in [-0.2, 0) is 0 Å². The summed E-state index contributed by atoms with van der Waals surface area (Å²) in [5, 5.41) is 1.39. The molecule has 6 heteroatoms. The van der Waals surface area contributed by atoms with Crippen molar-refractivity contribution in [2.45, 2.75) is 0 Å². The van der Waals surface area contributed by atoms with E-state index in [4.69, 9.17) is 49.0 Å². The fourth-order valence-corrected chi connectivity index (χ4v) is 3.21. The van der Waals surface area contributed by atoms with Gasteiger partial charge in [-0.3, -0.25) is 0 Å². The molecule has 4 rings (SSSR count). The highest BCUT2D eigenvalue weighted by molar-refractivity contribution is 6.32. The van der Waals surface area contributed by atoms with E-state index in [2.05, 4.69) is 0 Å². The monoisotopic (exact) mass is 456 g/mol. The second-order valence-corrected chi connectivity index (χ2v) is 7.40. The van der Waals surface area contributed by atoms with Crippen molar-refractivity contribution in [3.05, 3.63) is 106 Å². The van der Waals surface area contributed by atoms with Gasteiger partial charge in [0.25, 0.3) is 0 Å². The highest BCUT2D eigenvalue weighted by Crippen LogP contribution is 2.46. The van der Waals surface area contributed by atoms with Gasteiger partial charge < -0.3 is 14.2 Å². The van der Waals surface area contributed by atoms with Gasteiger partial charge in [-0.15, -0.1) is 0 Å². The second kappa shape index (κ2) is 9.31. The van der Waals surface area contributed by atoms with Crippen molar-refractivity contribution in [3.63, 3.8) is 0 Å². The average molecular weight is 458 g/mol. The zero-order valence-corrected chi connectivity index (χ0v) is 17.8. The minimum Gasteiger partial charge on any atom is -0.452 e. The molecule has 4 aromatic carbocycles. The number of rotatable bonds is 6. The Balaban J connectivity index is 1.78. The largest absolute Gasteiger partial charge is 0.452 e. The molecular formula is C24H15Cl3O3. The van der Waals surface area contributed by atoms with Crippen molar-refractivity contribution >= 4 is 34.8 Å². The summed E-state index contributed by atoms with van der Waals surface area (Å²) in [5.41, 5.74) is 0. The van der Waals surface area contributed by atoms with Gasteiger partial charge in [-0.25, -0.2) is 0 Å². The standard InChI is InChI=1S/C24H15Cl3O3/c25-16-8-1-4-11-19(16)28-22-14-7-15-23(29-20-12-5-2-9-17(20)26)24(22)30-21-13-6-3-10-18(21)27/h1-15H. The minimum atomic E-state index is 0.338. The summed E-state index contributed by atoms with van der Waals surface area (Å²) in [4.78, 5) is 0. The lowest BCUT2D eigenvalue weighted by Gasteiger charge is -2.17. The van der Waals surface area contributed by atoms with Crippen LogP contribution in [0.1, 0.15) is 0 Å². The van der Waals surface area contributed by atoms with Crippen LogP contribution in [-0.4, -0.2) is 0 Å². The van der Waals surface area contributed by atoms with E-state index < -0.39 is 0 Å². The summed E-state index contributed by atoms with van der Waals surface area (Å²) < 4.78 is 18.2. The quantitative estimate of drug-likeness (QED) is 0.289. The van der Waals surface area contributed by atoms with Crippen molar-refractivity contribution in [3.8, 4) is 34.5 Å². The molecule has 0 heterocycles. The van der Waals surface area contributed by atoms with Gasteiger partial charge in [0.1, 0.15) is 17.2 Å². The second-order valence-electron chi connectivity index (χ2n) is 6.18. The van der Waals surface area contributed by atoms with Gasteiger partial charge in [-0.1, -0.05) is 77.3 Å². The van der Waals surface area contributed by atoms with Crippen LogP contribution in [0.3, 0.4) is 0 Å². The Morgan fingerprint density at radius 3 is 1.10 bits per heavy atom. The third-order valence-electron chi connectivity index (χ3n) is 4.10. The molecule has 0 aromatic heterocycles. The summed E-state index contributed by atoms with van der Waals surface area (Å²) in [6, 6.07) is 26.8. The summed E-state index contributed by atoms with van der Waals surface area (Å²) in [6.45, 7) is 0. The Labute approximate surface area is 189 Å². The Bertz CT molecular complexity index is 1110. The molecule has 0 radical (unpaired) electrons. The molecule has 0 spiro atoms. The molecule has 0 saturated carbocycles. The fourth-order valence-electron chi connectivity index (χ4n) is 2.69. The van der Waals surface area contributed by atoms with E-state index in [0.717, 1.165) is 0 Å². The molecule has 4 aromatic rings. The Morgan fingerprint density at radius 2 is 0.700 bits per heavy atom. The van der Waals surface area contributed by atoms with E-state index in [1.807, 2.05) is 36.4 Å². The van der Waals surface area contributed by atoms with Crippen LogP contribution in [0.4, 0.5) is 0 Å². The Hall–Kier alpha value is -2.85. The molecule has 0 amide bonds. The number of benzene rings is 4. The third kappa shape index (κ3) is 4.65. The van der Waals surface area contributed by atoms with Gasteiger partial charge in [0.05, 0.1) is 15.1 Å². The van der Waals surface area contributed by atoms with Crippen molar-refractivity contribution in [1.82, 2.24) is 0 Å². The van der Waals surface area contributed by atoms with Gasteiger partial charge in [0.2, 0.25) is 5.75 Å². The number of para-hydroxylation sites is 4. The van der Waals surface area contributed by atoms with Crippen LogP contribution in [0.25, 0.3) is 0 Å². The molecule has 0 bridgehead atoms. The average Bonchev–Trinajstić information content (AvgIpc) is 2.75. The SMILES string of the molecule is Clc1ccccc1Oc1cccc(Oc2ccccc2Cl)c1Oc1ccccc1Cl. The van der Waals surface area contributed by atoms with Crippen LogP contribution in [0.2, 0.25) is 15.1 Å². The lowest BCUT2D eigenvalue weighted by molar-refractivity contribution is 0.386. The first-order chi connectivity index (χ1) is 14.6. The van der Waals surface area contributed by atoms with E-state index in [1.165, 1.54) is 0 Å². The van der Waals surface area contributed by atoms with Crippen molar-refractivity contribution in [1.29, 1.82) is 0 Å². The molecule has 0 unspecified atom stereocenters. The van der Waals surface area contributed by atoms with E-state index in [0.29, 0.717) is 49.6 Å². The molecule has 30 heavy (non-hydrogen) atoms. The van der Waals surface area contributed by atoms with Crippen LogP contribution in [0.15, 0.2) is 91.0 Å². The first-order valence-corrected chi connectivity index (χ1v) is 10.2. The maximum Gasteiger partial charge on any atom is 0.212 e. The topological polar surface area (TPSA) is 27.7 Å². The zero-order valence-electron chi connectivity index (χ0n) is 15.5. The van der Waals surface area contributed by atoms with Crippen molar-refractivity contribution in [2.24, 2.45) is 0 Å². The molecule has 150 valence electrons. The highest BCUT2D eigenvalue weighted by Gasteiger charge is 2.18. The molecule has 0 saturated heterocycles. The first kappa shape index (κ1) is 20.4. The van der Waals surface area contributed by atoms with E-state index >= 15 is 0 Å². The lowest BCUT2D eigenvalue weighted by atomic mass is 10.2. The van der Waals surface area contributed by atoms with Crippen LogP contribution in [0.5, 0.6) is 34.5 Å². The molecule has 3 nitrogen and oxygen atoms in total. The summed E-state index contributed by atoms with van der Waals surface area (Å²) >= 11 is 18.8. The van der Waals surface area contributed by atoms with Crippen LogP contribution in [0, 0.1) is 0 Å². The maximum atomic E-state index is 6.30. The Morgan fingerprint density at radius 1 is 0.367 bits per heavy atom. The number of hydrogen-bond donors (Lipinski definition) is 0. The zero-order chi connectivity index (χ0) is 20.9. The fraction of sp³-hybridized carbons (Fsp3) is 0. The molecule has 0 atom stereocenters. The van der Waals surface area contributed by atoms with E-state index in [9.17, 15) is 0 Å². The molecule has 0 aliphatic heterocycles. The smallest absolute Gasteiger partial charge is 0.212 e. The third-order valence-corrected chi connectivity index (χ3v) is 5.04. The van der Waals surface area contributed by atoms with Crippen molar-refractivity contribution in [2.75, 3.05) is 0 Å². The molecule has 0 fully saturated rings. The summed E-state index contributed by atoms with van der Waals surface area (Å²) in [5.74, 6) is 2.58. The lowest BCUT2D eigenvalue weighted by Crippen LogP contribution is -1.95. The first-order valence-electron chi connectivity index (χ1n) is 9.02. The summed E-state index contributed by atoms with van der Waals surface area (Å²) in [6.07, 6.45) is 0. The van der Waals surface area contributed by atoms with Crippen LogP contribution < -0.4 is 14.2 Å². The number of halogens is 3. The van der Waals surface area contributed by atoms with Gasteiger partial charge in [0.15, 0.2) is 11.5 Å².